The number of nitriles is 2. The van der Waals surface area contributed by atoms with Crippen molar-refractivity contribution in [2.45, 2.75) is 6.92 Å². The van der Waals surface area contributed by atoms with Crippen LogP contribution >= 0.6 is 23.2 Å². The highest BCUT2D eigenvalue weighted by Crippen LogP contribution is 2.28. The largest absolute Gasteiger partial charge is 0.306 e. The molecule has 0 fully saturated rings. The molecule has 0 bridgehead atoms. The van der Waals surface area contributed by atoms with Gasteiger partial charge in [0.25, 0.3) is 0 Å². The number of hydrazine groups is 1. The van der Waals surface area contributed by atoms with E-state index in [0.29, 0.717) is 15.7 Å². The SMILES string of the molecule is Cc1cc(Cl)cc(Cl)c1NNC=C(C#N)C#N. The Morgan fingerprint density at radius 3 is 2.47 bits per heavy atom. The quantitative estimate of drug-likeness (QED) is 0.651. The molecule has 1 aromatic carbocycles. The van der Waals surface area contributed by atoms with E-state index in [1.165, 1.54) is 6.20 Å². The second-order valence-corrected chi connectivity index (χ2v) is 3.97. The van der Waals surface area contributed by atoms with Crippen molar-refractivity contribution < 1.29 is 0 Å². The standard InChI is InChI=1S/C11H8Cl2N4/c1-7-2-9(12)3-10(13)11(7)17-16-6-8(4-14)5-15/h2-3,6,16-17H,1H3. The van der Waals surface area contributed by atoms with Crippen molar-refractivity contribution in [2.75, 3.05) is 5.43 Å². The van der Waals surface area contributed by atoms with Crippen molar-refractivity contribution in [3.05, 3.63) is 39.5 Å². The minimum Gasteiger partial charge on any atom is -0.306 e. The van der Waals surface area contributed by atoms with Gasteiger partial charge in [-0.3, -0.25) is 5.43 Å². The molecule has 1 rings (SSSR count). The number of hydrogen-bond acceptors (Lipinski definition) is 4. The Morgan fingerprint density at radius 2 is 1.94 bits per heavy atom. The molecular weight excluding hydrogens is 259 g/mol. The van der Waals surface area contributed by atoms with Gasteiger partial charge >= 0.3 is 0 Å². The van der Waals surface area contributed by atoms with Crippen molar-refractivity contribution in [1.29, 1.82) is 10.5 Å². The topological polar surface area (TPSA) is 71.6 Å². The minimum absolute atomic E-state index is 0.0414. The van der Waals surface area contributed by atoms with Crippen molar-refractivity contribution in [3.8, 4) is 12.1 Å². The van der Waals surface area contributed by atoms with Gasteiger partial charge in [0.1, 0.15) is 17.7 Å². The van der Waals surface area contributed by atoms with E-state index in [1.807, 2.05) is 6.92 Å². The highest BCUT2D eigenvalue weighted by molar-refractivity contribution is 6.36. The smallest absolute Gasteiger partial charge is 0.147 e. The van der Waals surface area contributed by atoms with E-state index in [9.17, 15) is 0 Å². The highest BCUT2D eigenvalue weighted by atomic mass is 35.5. The molecule has 0 radical (unpaired) electrons. The van der Waals surface area contributed by atoms with Crippen LogP contribution in [-0.2, 0) is 0 Å². The molecule has 4 nitrogen and oxygen atoms in total. The summed E-state index contributed by atoms with van der Waals surface area (Å²) < 4.78 is 0. The summed E-state index contributed by atoms with van der Waals surface area (Å²) in [6, 6.07) is 6.78. The van der Waals surface area contributed by atoms with Crippen LogP contribution in [0.5, 0.6) is 0 Å². The molecule has 0 saturated carbocycles. The number of nitrogens with one attached hydrogen (secondary N) is 2. The number of allylic oxidation sites excluding steroid dienone is 1. The molecule has 86 valence electrons. The first kappa shape index (κ1) is 13.2. The zero-order valence-corrected chi connectivity index (χ0v) is 10.4. The fourth-order valence-electron chi connectivity index (χ4n) is 1.13. The number of benzene rings is 1. The summed E-state index contributed by atoms with van der Waals surface area (Å²) in [5.41, 5.74) is 6.85. The summed E-state index contributed by atoms with van der Waals surface area (Å²) in [5.74, 6) is 0. The van der Waals surface area contributed by atoms with Crippen molar-refractivity contribution in [2.24, 2.45) is 0 Å². The molecule has 0 aromatic heterocycles. The van der Waals surface area contributed by atoms with Gasteiger partial charge in [-0.1, -0.05) is 23.2 Å². The number of nitrogens with zero attached hydrogens (tertiary/aromatic N) is 2. The van der Waals surface area contributed by atoms with Gasteiger partial charge in [0, 0.05) is 11.2 Å². The van der Waals surface area contributed by atoms with Gasteiger partial charge in [-0.2, -0.15) is 10.5 Å². The lowest BCUT2D eigenvalue weighted by Crippen LogP contribution is -2.16. The number of anilines is 1. The lowest BCUT2D eigenvalue weighted by Gasteiger charge is -2.11. The summed E-state index contributed by atoms with van der Waals surface area (Å²) in [6.45, 7) is 1.83. The second-order valence-electron chi connectivity index (χ2n) is 3.13. The zero-order chi connectivity index (χ0) is 12.8. The highest BCUT2D eigenvalue weighted by Gasteiger charge is 2.04. The molecule has 0 amide bonds. The molecule has 0 aliphatic rings. The third-order valence-corrected chi connectivity index (χ3v) is 2.42. The lowest BCUT2D eigenvalue weighted by atomic mass is 10.2. The monoisotopic (exact) mass is 266 g/mol. The van der Waals surface area contributed by atoms with Gasteiger partial charge in [0.05, 0.1) is 10.7 Å². The van der Waals surface area contributed by atoms with E-state index in [-0.39, 0.29) is 5.57 Å². The average molecular weight is 267 g/mol. The van der Waals surface area contributed by atoms with Gasteiger partial charge in [0.15, 0.2) is 0 Å². The van der Waals surface area contributed by atoms with Crippen LogP contribution in [-0.4, -0.2) is 0 Å². The van der Waals surface area contributed by atoms with E-state index in [1.54, 1.807) is 24.3 Å². The van der Waals surface area contributed by atoms with Crippen LogP contribution in [0.2, 0.25) is 10.0 Å². The summed E-state index contributed by atoms with van der Waals surface area (Å²) in [6.07, 6.45) is 1.25. The second kappa shape index (κ2) is 6.00. The average Bonchev–Trinajstić information content (AvgIpc) is 2.27. The summed E-state index contributed by atoms with van der Waals surface area (Å²) in [5, 5.41) is 18.0. The molecule has 1 aromatic rings. The third-order valence-electron chi connectivity index (χ3n) is 1.91. The predicted octanol–water partition coefficient (Wildman–Crippen LogP) is 3.15. The number of hydrogen-bond donors (Lipinski definition) is 2. The molecule has 0 saturated heterocycles. The van der Waals surface area contributed by atoms with Crippen molar-refractivity contribution in [1.82, 2.24) is 5.43 Å². The van der Waals surface area contributed by atoms with Crippen LogP contribution in [0.25, 0.3) is 0 Å². The van der Waals surface area contributed by atoms with Crippen LogP contribution in [0.3, 0.4) is 0 Å². The molecule has 0 atom stereocenters. The Hall–Kier alpha value is -1.88. The predicted molar refractivity (Wildman–Crippen MR) is 67.3 cm³/mol. The molecule has 0 spiro atoms. The Labute approximate surface area is 109 Å². The summed E-state index contributed by atoms with van der Waals surface area (Å²) in [7, 11) is 0. The maximum absolute atomic E-state index is 8.52. The molecule has 0 unspecified atom stereocenters. The Morgan fingerprint density at radius 1 is 1.29 bits per heavy atom. The van der Waals surface area contributed by atoms with Crippen LogP contribution < -0.4 is 10.9 Å². The van der Waals surface area contributed by atoms with E-state index < -0.39 is 0 Å². The van der Waals surface area contributed by atoms with Gasteiger partial charge in [-0.15, -0.1) is 0 Å². The van der Waals surface area contributed by atoms with Gasteiger partial charge < -0.3 is 5.43 Å². The van der Waals surface area contributed by atoms with Crippen molar-refractivity contribution >= 4 is 28.9 Å². The molecule has 6 heteroatoms. The lowest BCUT2D eigenvalue weighted by molar-refractivity contribution is 1.04. The van der Waals surface area contributed by atoms with E-state index in [4.69, 9.17) is 33.7 Å². The van der Waals surface area contributed by atoms with E-state index >= 15 is 0 Å². The van der Waals surface area contributed by atoms with Crippen LogP contribution in [0, 0.1) is 29.6 Å². The maximum atomic E-state index is 8.52. The molecular formula is C11H8Cl2N4. The fourth-order valence-corrected chi connectivity index (χ4v) is 1.77. The molecule has 0 aliphatic heterocycles. The van der Waals surface area contributed by atoms with Gasteiger partial charge in [-0.25, -0.2) is 0 Å². The van der Waals surface area contributed by atoms with E-state index in [0.717, 1.165) is 5.56 Å². The molecule has 17 heavy (non-hydrogen) atoms. The molecule has 0 aliphatic carbocycles. The number of halogens is 2. The Balaban J connectivity index is 2.82. The number of aryl methyl sites for hydroxylation is 1. The molecule has 0 heterocycles. The number of rotatable bonds is 3. The summed E-state index contributed by atoms with van der Waals surface area (Å²) in [4.78, 5) is 0. The van der Waals surface area contributed by atoms with Gasteiger partial charge in [-0.05, 0) is 24.6 Å². The van der Waals surface area contributed by atoms with Crippen LogP contribution in [0.15, 0.2) is 23.9 Å². The van der Waals surface area contributed by atoms with Crippen molar-refractivity contribution in [3.63, 3.8) is 0 Å². The van der Waals surface area contributed by atoms with Gasteiger partial charge in [0.2, 0.25) is 0 Å². The maximum Gasteiger partial charge on any atom is 0.147 e. The van der Waals surface area contributed by atoms with Crippen LogP contribution in [0.1, 0.15) is 5.56 Å². The first-order valence-electron chi connectivity index (χ1n) is 4.56. The summed E-state index contributed by atoms with van der Waals surface area (Å²) >= 11 is 11.8. The molecule has 2 N–H and O–H groups in total. The third kappa shape index (κ3) is 3.57. The normalized spacial score (nSPS) is 8.76. The minimum atomic E-state index is -0.0414. The van der Waals surface area contributed by atoms with E-state index in [2.05, 4.69) is 10.9 Å². The fraction of sp³-hybridized carbons (Fsp3) is 0.0909. The Kier molecular flexibility index (Phi) is 4.66. The Bertz CT molecular complexity index is 498. The first-order chi connectivity index (χ1) is 8.08. The zero-order valence-electron chi connectivity index (χ0n) is 8.88. The first-order valence-corrected chi connectivity index (χ1v) is 5.31. The van der Waals surface area contributed by atoms with Crippen LogP contribution in [0.4, 0.5) is 5.69 Å².